The highest BCUT2D eigenvalue weighted by atomic mass is 28.3. The molecule has 0 aliphatic heterocycles. The molecule has 1 aliphatic carbocycles. The van der Waals surface area contributed by atoms with E-state index in [-0.39, 0.29) is 23.5 Å². The standard InChI is InChI=1S/C19H32O2Si/c1-19(2,3)18(21-22(4)5)15-12-9-13-16(20)17(15)14-10-7-6-8-11-14/h6-8,10-11,15-18,20,22H,9,12-13H2,1-5H3. The number of aliphatic hydroxyl groups excluding tert-OH is 1. The van der Waals surface area contributed by atoms with Crippen LogP contribution < -0.4 is 0 Å². The summed E-state index contributed by atoms with van der Waals surface area (Å²) >= 11 is 0. The number of aliphatic hydroxyl groups is 1. The van der Waals surface area contributed by atoms with Crippen molar-refractivity contribution in [3.8, 4) is 0 Å². The van der Waals surface area contributed by atoms with Crippen molar-refractivity contribution in [2.24, 2.45) is 11.3 Å². The van der Waals surface area contributed by atoms with Crippen LogP contribution in [0.2, 0.25) is 13.1 Å². The maximum Gasteiger partial charge on any atom is 0.171 e. The SMILES string of the molecule is C[SiH](C)OC(C1CCCC(O)C1c1ccccc1)C(C)(C)C. The zero-order valence-electron chi connectivity index (χ0n) is 14.8. The molecule has 1 aromatic rings. The summed E-state index contributed by atoms with van der Waals surface area (Å²) < 4.78 is 6.48. The van der Waals surface area contributed by atoms with Gasteiger partial charge in [0.1, 0.15) is 0 Å². The molecule has 22 heavy (non-hydrogen) atoms. The van der Waals surface area contributed by atoms with E-state index in [2.05, 4.69) is 58.1 Å². The average Bonchev–Trinajstić information content (AvgIpc) is 2.44. The van der Waals surface area contributed by atoms with Crippen LogP contribution >= 0.6 is 0 Å². The molecule has 1 saturated carbocycles. The topological polar surface area (TPSA) is 29.5 Å². The summed E-state index contributed by atoms with van der Waals surface area (Å²) in [7, 11) is -1.12. The zero-order chi connectivity index (χ0) is 16.3. The van der Waals surface area contributed by atoms with Gasteiger partial charge in [0.25, 0.3) is 0 Å². The zero-order valence-corrected chi connectivity index (χ0v) is 15.9. The molecular formula is C19H32O2Si. The minimum atomic E-state index is -1.12. The summed E-state index contributed by atoms with van der Waals surface area (Å²) in [6.07, 6.45) is 3.14. The van der Waals surface area contributed by atoms with Crippen LogP contribution in [0.1, 0.15) is 51.5 Å². The van der Waals surface area contributed by atoms with Gasteiger partial charge in [0.2, 0.25) is 0 Å². The van der Waals surface area contributed by atoms with Gasteiger partial charge in [-0.3, -0.25) is 0 Å². The van der Waals surface area contributed by atoms with Gasteiger partial charge >= 0.3 is 0 Å². The minimum Gasteiger partial charge on any atom is -0.417 e. The summed E-state index contributed by atoms with van der Waals surface area (Å²) in [6.45, 7) is 11.3. The number of rotatable bonds is 4. The molecule has 4 unspecified atom stereocenters. The van der Waals surface area contributed by atoms with E-state index in [1.54, 1.807) is 0 Å². The van der Waals surface area contributed by atoms with Crippen molar-refractivity contribution >= 4 is 9.04 Å². The van der Waals surface area contributed by atoms with E-state index in [0.717, 1.165) is 19.3 Å². The highest BCUT2D eigenvalue weighted by Gasteiger charge is 2.42. The van der Waals surface area contributed by atoms with Gasteiger partial charge in [0.05, 0.1) is 12.2 Å². The molecular weight excluding hydrogens is 288 g/mol. The Hall–Kier alpha value is -0.643. The Balaban J connectivity index is 2.34. The molecule has 1 N–H and O–H groups in total. The maximum absolute atomic E-state index is 10.7. The predicted octanol–water partition coefficient (Wildman–Crippen LogP) is 4.35. The Morgan fingerprint density at radius 1 is 1.14 bits per heavy atom. The molecule has 0 radical (unpaired) electrons. The van der Waals surface area contributed by atoms with Gasteiger partial charge in [0, 0.05) is 5.92 Å². The highest BCUT2D eigenvalue weighted by molar-refractivity contribution is 6.48. The third kappa shape index (κ3) is 4.21. The van der Waals surface area contributed by atoms with E-state index in [9.17, 15) is 5.11 Å². The third-order valence-corrected chi connectivity index (χ3v) is 5.60. The molecule has 124 valence electrons. The van der Waals surface area contributed by atoms with Crippen molar-refractivity contribution in [2.75, 3.05) is 0 Å². The van der Waals surface area contributed by atoms with Crippen LogP contribution in [-0.2, 0) is 4.43 Å². The van der Waals surface area contributed by atoms with Crippen LogP contribution in [0, 0.1) is 11.3 Å². The molecule has 0 spiro atoms. The van der Waals surface area contributed by atoms with E-state index in [1.807, 2.05) is 6.07 Å². The molecule has 0 amide bonds. The first-order chi connectivity index (χ1) is 10.3. The van der Waals surface area contributed by atoms with Crippen LogP contribution in [0.15, 0.2) is 30.3 Å². The van der Waals surface area contributed by atoms with Gasteiger partial charge in [-0.05, 0) is 42.8 Å². The van der Waals surface area contributed by atoms with Crippen molar-refractivity contribution in [3.63, 3.8) is 0 Å². The molecule has 3 heteroatoms. The lowest BCUT2D eigenvalue weighted by atomic mass is 9.66. The average molecular weight is 321 g/mol. The lowest BCUT2D eigenvalue weighted by molar-refractivity contribution is -0.0284. The van der Waals surface area contributed by atoms with Gasteiger partial charge in [-0.25, -0.2) is 0 Å². The molecule has 2 nitrogen and oxygen atoms in total. The van der Waals surface area contributed by atoms with Crippen molar-refractivity contribution < 1.29 is 9.53 Å². The van der Waals surface area contributed by atoms with E-state index in [0.29, 0.717) is 5.92 Å². The number of hydrogen-bond acceptors (Lipinski definition) is 2. The van der Waals surface area contributed by atoms with Crippen LogP contribution in [0.25, 0.3) is 0 Å². The maximum atomic E-state index is 10.7. The van der Waals surface area contributed by atoms with Crippen molar-refractivity contribution in [3.05, 3.63) is 35.9 Å². The Bertz CT molecular complexity index is 452. The lowest BCUT2D eigenvalue weighted by Crippen LogP contribution is -2.46. The van der Waals surface area contributed by atoms with Crippen LogP contribution in [0.5, 0.6) is 0 Å². The second-order valence-corrected chi connectivity index (χ2v) is 10.4. The Kier molecular flexibility index (Phi) is 5.86. The molecule has 0 bridgehead atoms. The Morgan fingerprint density at radius 3 is 2.32 bits per heavy atom. The fourth-order valence-corrected chi connectivity index (χ4v) is 5.13. The van der Waals surface area contributed by atoms with Crippen LogP contribution in [0.3, 0.4) is 0 Å². The number of hydrogen-bond donors (Lipinski definition) is 1. The van der Waals surface area contributed by atoms with E-state index in [1.165, 1.54) is 5.56 Å². The molecule has 1 aliphatic rings. The first-order valence-corrected chi connectivity index (χ1v) is 11.5. The first-order valence-electron chi connectivity index (χ1n) is 8.69. The molecule has 2 rings (SSSR count). The molecule has 1 fully saturated rings. The lowest BCUT2D eigenvalue weighted by Gasteiger charge is -2.46. The molecule has 0 heterocycles. The predicted molar refractivity (Wildman–Crippen MR) is 95.7 cm³/mol. The summed E-state index contributed by atoms with van der Waals surface area (Å²) in [5, 5.41) is 10.7. The second kappa shape index (κ2) is 7.29. The summed E-state index contributed by atoms with van der Waals surface area (Å²) in [6, 6.07) is 10.5. The Morgan fingerprint density at radius 2 is 1.77 bits per heavy atom. The monoisotopic (exact) mass is 320 g/mol. The molecule has 0 saturated heterocycles. The smallest absolute Gasteiger partial charge is 0.171 e. The Labute approximate surface area is 137 Å². The fraction of sp³-hybridized carbons (Fsp3) is 0.684. The van der Waals surface area contributed by atoms with Crippen molar-refractivity contribution in [2.45, 2.75) is 71.3 Å². The second-order valence-electron chi connectivity index (χ2n) is 8.07. The van der Waals surface area contributed by atoms with Crippen LogP contribution in [-0.4, -0.2) is 26.4 Å². The summed E-state index contributed by atoms with van der Waals surface area (Å²) in [5.74, 6) is 0.605. The van der Waals surface area contributed by atoms with Gasteiger partial charge < -0.3 is 9.53 Å². The van der Waals surface area contributed by atoms with Gasteiger partial charge in [-0.2, -0.15) is 0 Å². The van der Waals surface area contributed by atoms with Crippen molar-refractivity contribution in [1.29, 1.82) is 0 Å². The van der Waals surface area contributed by atoms with E-state index < -0.39 is 9.04 Å². The van der Waals surface area contributed by atoms with E-state index in [4.69, 9.17) is 4.43 Å². The molecule has 0 aromatic heterocycles. The van der Waals surface area contributed by atoms with Crippen LogP contribution in [0.4, 0.5) is 0 Å². The van der Waals surface area contributed by atoms with Gasteiger partial charge in [-0.1, -0.05) is 57.5 Å². The molecule has 1 aromatic carbocycles. The largest absolute Gasteiger partial charge is 0.417 e. The normalized spacial score (nSPS) is 27.9. The summed E-state index contributed by atoms with van der Waals surface area (Å²) in [5.41, 5.74) is 1.37. The minimum absolute atomic E-state index is 0.103. The third-order valence-electron chi connectivity index (χ3n) is 4.76. The van der Waals surface area contributed by atoms with Crippen molar-refractivity contribution in [1.82, 2.24) is 0 Å². The highest BCUT2D eigenvalue weighted by Crippen LogP contribution is 2.45. The van der Waals surface area contributed by atoms with Gasteiger partial charge in [-0.15, -0.1) is 0 Å². The quantitative estimate of drug-likeness (QED) is 0.836. The fourth-order valence-electron chi connectivity index (χ4n) is 3.93. The summed E-state index contributed by atoms with van der Waals surface area (Å²) in [4.78, 5) is 0. The first kappa shape index (κ1) is 17.7. The number of benzene rings is 1. The van der Waals surface area contributed by atoms with E-state index >= 15 is 0 Å². The van der Waals surface area contributed by atoms with Gasteiger partial charge in [0.15, 0.2) is 9.04 Å². The molecule has 4 atom stereocenters.